The van der Waals surface area contributed by atoms with E-state index in [1.807, 2.05) is 4.68 Å². The van der Waals surface area contributed by atoms with Gasteiger partial charge in [0.15, 0.2) is 0 Å². The molecular formula is C20H28N4O. The normalized spacial score (nSPS) is 20.6. The molecule has 5 heteroatoms. The fourth-order valence-corrected chi connectivity index (χ4v) is 4.19. The first-order chi connectivity index (χ1) is 12.2. The highest BCUT2D eigenvalue weighted by molar-refractivity contribution is 5.50. The van der Waals surface area contributed by atoms with Crippen LogP contribution in [0, 0.1) is 6.92 Å². The Balaban J connectivity index is 1.46. The molecule has 1 saturated heterocycles. The van der Waals surface area contributed by atoms with Crippen LogP contribution in [0.1, 0.15) is 28.8 Å². The molecule has 4 rings (SSSR count). The molecule has 2 heterocycles. The van der Waals surface area contributed by atoms with Gasteiger partial charge in [-0.3, -0.25) is 4.68 Å². The van der Waals surface area contributed by atoms with Crippen LogP contribution in [-0.4, -0.2) is 42.1 Å². The SMILES string of the molecule is Cc1nn(C)c(N2CCOCC2)c1CN[C@@H]1CCc2ccccc2C1. The lowest BCUT2D eigenvalue weighted by atomic mass is 9.88. The first-order valence-electron chi connectivity index (χ1n) is 9.37. The van der Waals surface area contributed by atoms with Gasteiger partial charge in [-0.15, -0.1) is 0 Å². The summed E-state index contributed by atoms with van der Waals surface area (Å²) in [6.07, 6.45) is 3.52. The summed E-state index contributed by atoms with van der Waals surface area (Å²) < 4.78 is 7.54. The molecule has 1 aromatic heterocycles. The van der Waals surface area contributed by atoms with Gasteiger partial charge in [-0.25, -0.2) is 0 Å². The van der Waals surface area contributed by atoms with E-state index in [4.69, 9.17) is 4.74 Å². The zero-order chi connectivity index (χ0) is 17.2. The second kappa shape index (κ2) is 7.18. The predicted octanol–water partition coefficient (Wildman–Crippen LogP) is 2.21. The molecule has 134 valence electrons. The zero-order valence-corrected chi connectivity index (χ0v) is 15.3. The van der Waals surface area contributed by atoms with E-state index in [1.165, 1.54) is 35.3 Å². The van der Waals surface area contributed by atoms with Crippen LogP contribution in [0.3, 0.4) is 0 Å². The third-order valence-electron chi connectivity index (χ3n) is 5.54. The number of hydrogen-bond acceptors (Lipinski definition) is 4. The second-order valence-electron chi connectivity index (χ2n) is 7.20. The van der Waals surface area contributed by atoms with Gasteiger partial charge < -0.3 is 15.0 Å². The van der Waals surface area contributed by atoms with E-state index in [-0.39, 0.29) is 0 Å². The summed E-state index contributed by atoms with van der Waals surface area (Å²) in [5.41, 5.74) is 5.49. The Morgan fingerprint density at radius 2 is 1.96 bits per heavy atom. The molecular weight excluding hydrogens is 312 g/mol. The van der Waals surface area contributed by atoms with Crippen molar-refractivity contribution in [3.63, 3.8) is 0 Å². The molecule has 0 bridgehead atoms. The lowest BCUT2D eigenvalue weighted by Gasteiger charge is -2.30. The average Bonchev–Trinajstić information content (AvgIpc) is 2.93. The Hall–Kier alpha value is -1.85. The molecule has 0 amide bonds. The molecule has 1 N–H and O–H groups in total. The smallest absolute Gasteiger partial charge is 0.131 e. The van der Waals surface area contributed by atoms with E-state index in [0.717, 1.165) is 45.0 Å². The van der Waals surface area contributed by atoms with Crippen LogP contribution in [0.4, 0.5) is 5.82 Å². The number of nitrogens with one attached hydrogen (secondary N) is 1. The van der Waals surface area contributed by atoms with Gasteiger partial charge in [0, 0.05) is 38.3 Å². The number of ether oxygens (including phenoxy) is 1. The van der Waals surface area contributed by atoms with Crippen LogP contribution >= 0.6 is 0 Å². The van der Waals surface area contributed by atoms with Crippen LogP contribution in [0.2, 0.25) is 0 Å². The number of rotatable bonds is 4. The average molecular weight is 340 g/mol. The molecule has 25 heavy (non-hydrogen) atoms. The van der Waals surface area contributed by atoms with E-state index in [9.17, 15) is 0 Å². The summed E-state index contributed by atoms with van der Waals surface area (Å²) in [7, 11) is 2.05. The van der Waals surface area contributed by atoms with Crippen molar-refractivity contribution in [2.24, 2.45) is 7.05 Å². The molecule has 2 aliphatic rings. The lowest BCUT2D eigenvalue weighted by molar-refractivity contribution is 0.122. The quantitative estimate of drug-likeness (QED) is 0.927. The lowest BCUT2D eigenvalue weighted by Crippen LogP contribution is -2.39. The van der Waals surface area contributed by atoms with Crippen molar-refractivity contribution in [1.82, 2.24) is 15.1 Å². The van der Waals surface area contributed by atoms with Gasteiger partial charge in [0.2, 0.25) is 0 Å². The maximum absolute atomic E-state index is 5.51. The summed E-state index contributed by atoms with van der Waals surface area (Å²) in [4.78, 5) is 2.41. The minimum atomic E-state index is 0.548. The van der Waals surface area contributed by atoms with Crippen molar-refractivity contribution in [2.75, 3.05) is 31.2 Å². The van der Waals surface area contributed by atoms with Crippen molar-refractivity contribution in [1.29, 1.82) is 0 Å². The van der Waals surface area contributed by atoms with Crippen LogP contribution in [0.5, 0.6) is 0 Å². The first kappa shape index (κ1) is 16.6. The zero-order valence-electron chi connectivity index (χ0n) is 15.3. The highest BCUT2D eigenvalue weighted by atomic mass is 16.5. The fourth-order valence-electron chi connectivity index (χ4n) is 4.19. The van der Waals surface area contributed by atoms with Crippen LogP contribution in [0.25, 0.3) is 0 Å². The number of anilines is 1. The molecule has 1 aromatic carbocycles. The summed E-state index contributed by atoms with van der Waals surface area (Å²) >= 11 is 0. The van der Waals surface area contributed by atoms with E-state index in [2.05, 4.69) is 53.6 Å². The van der Waals surface area contributed by atoms with Gasteiger partial charge in [-0.1, -0.05) is 24.3 Å². The first-order valence-corrected chi connectivity index (χ1v) is 9.37. The second-order valence-corrected chi connectivity index (χ2v) is 7.20. The van der Waals surface area contributed by atoms with Crippen molar-refractivity contribution in [3.05, 3.63) is 46.6 Å². The molecule has 1 fully saturated rings. The maximum atomic E-state index is 5.51. The molecule has 1 aliphatic carbocycles. The number of aryl methyl sites for hydroxylation is 3. The highest BCUT2D eigenvalue weighted by Crippen LogP contribution is 2.26. The number of aromatic nitrogens is 2. The van der Waals surface area contributed by atoms with Crippen molar-refractivity contribution >= 4 is 5.82 Å². The van der Waals surface area contributed by atoms with Gasteiger partial charge in [0.1, 0.15) is 5.82 Å². The van der Waals surface area contributed by atoms with Gasteiger partial charge in [0.05, 0.1) is 18.9 Å². The standard InChI is InChI=1S/C20H28N4O/c1-15-19(20(23(2)22-15)24-9-11-25-12-10-24)14-21-18-8-7-16-5-3-4-6-17(16)13-18/h3-6,18,21H,7-14H2,1-2H3/t18-/m1/s1. The highest BCUT2D eigenvalue weighted by Gasteiger charge is 2.23. The molecule has 0 spiro atoms. The van der Waals surface area contributed by atoms with Gasteiger partial charge >= 0.3 is 0 Å². The van der Waals surface area contributed by atoms with Gasteiger partial charge in [-0.2, -0.15) is 5.10 Å². The van der Waals surface area contributed by atoms with E-state index in [0.29, 0.717) is 6.04 Å². The number of fused-ring (bicyclic) bond motifs is 1. The van der Waals surface area contributed by atoms with Crippen LogP contribution < -0.4 is 10.2 Å². The summed E-state index contributed by atoms with van der Waals surface area (Å²) in [5, 5.41) is 8.48. The Labute approximate surface area is 150 Å². The minimum absolute atomic E-state index is 0.548. The Morgan fingerprint density at radius 3 is 2.76 bits per heavy atom. The molecule has 1 aliphatic heterocycles. The summed E-state index contributed by atoms with van der Waals surface area (Å²) in [5.74, 6) is 1.25. The number of benzene rings is 1. The van der Waals surface area contributed by atoms with Gasteiger partial charge in [-0.05, 0) is 37.3 Å². The number of hydrogen-bond donors (Lipinski definition) is 1. The van der Waals surface area contributed by atoms with E-state index >= 15 is 0 Å². The molecule has 0 saturated carbocycles. The summed E-state index contributed by atoms with van der Waals surface area (Å²) in [6, 6.07) is 9.40. The molecule has 2 aromatic rings. The fraction of sp³-hybridized carbons (Fsp3) is 0.550. The van der Waals surface area contributed by atoms with E-state index in [1.54, 1.807) is 0 Å². The van der Waals surface area contributed by atoms with Crippen molar-refractivity contribution < 1.29 is 4.74 Å². The Bertz CT molecular complexity index is 733. The van der Waals surface area contributed by atoms with Crippen LogP contribution in [0.15, 0.2) is 24.3 Å². The monoisotopic (exact) mass is 340 g/mol. The Kier molecular flexibility index (Phi) is 4.77. The molecule has 1 atom stereocenters. The topological polar surface area (TPSA) is 42.3 Å². The van der Waals surface area contributed by atoms with Crippen molar-refractivity contribution in [3.8, 4) is 0 Å². The molecule has 0 radical (unpaired) electrons. The van der Waals surface area contributed by atoms with Gasteiger partial charge in [0.25, 0.3) is 0 Å². The molecule has 5 nitrogen and oxygen atoms in total. The largest absolute Gasteiger partial charge is 0.378 e. The Morgan fingerprint density at radius 1 is 1.20 bits per heavy atom. The van der Waals surface area contributed by atoms with Crippen molar-refractivity contribution in [2.45, 2.75) is 38.8 Å². The third-order valence-corrected chi connectivity index (χ3v) is 5.54. The van der Waals surface area contributed by atoms with Crippen LogP contribution in [-0.2, 0) is 31.2 Å². The third kappa shape index (κ3) is 3.44. The minimum Gasteiger partial charge on any atom is -0.378 e. The number of nitrogens with zero attached hydrogens (tertiary/aromatic N) is 3. The van der Waals surface area contributed by atoms with E-state index < -0.39 is 0 Å². The predicted molar refractivity (Wildman–Crippen MR) is 100 cm³/mol. The molecule has 0 unspecified atom stereocenters. The summed E-state index contributed by atoms with van der Waals surface area (Å²) in [6.45, 7) is 6.51. The maximum Gasteiger partial charge on any atom is 0.131 e. The number of morpholine rings is 1.